The Bertz CT molecular complexity index is 286. The second-order valence-electron chi connectivity index (χ2n) is 2.69. The molecule has 0 spiro atoms. The number of rotatable bonds is 2. The monoisotopic (exact) mass is 211 g/mol. The van der Waals surface area contributed by atoms with Crippen LogP contribution in [0.3, 0.4) is 0 Å². The van der Waals surface area contributed by atoms with Crippen LogP contribution in [0.1, 0.15) is 6.42 Å². The lowest BCUT2D eigenvalue weighted by atomic mass is 10.4. The van der Waals surface area contributed by atoms with Crippen LogP contribution in [0, 0.1) is 0 Å². The number of carbonyl (C=O) groups is 1. The van der Waals surface area contributed by atoms with Crippen LogP contribution < -0.4 is 0 Å². The first-order valence-corrected chi connectivity index (χ1v) is 5.42. The van der Waals surface area contributed by atoms with Crippen molar-refractivity contribution in [2.45, 2.75) is 11.7 Å². The van der Waals surface area contributed by atoms with Gasteiger partial charge in [0.1, 0.15) is 5.88 Å². The van der Waals surface area contributed by atoms with Gasteiger partial charge in [0.2, 0.25) is 5.91 Å². The van der Waals surface area contributed by atoms with E-state index in [4.69, 9.17) is 4.55 Å². The van der Waals surface area contributed by atoms with Gasteiger partial charge >= 0.3 is 0 Å². The molecule has 1 amide bonds. The fourth-order valence-electron chi connectivity index (χ4n) is 1.07. The van der Waals surface area contributed by atoms with Crippen LogP contribution in [0.5, 0.6) is 0 Å². The molecule has 0 saturated carbocycles. The smallest absolute Gasteiger partial charge is 0.283 e. The third kappa shape index (κ3) is 2.65. The Labute approximate surface area is 75.9 Å². The Morgan fingerprint density at radius 1 is 1.67 bits per heavy atom. The highest BCUT2D eigenvalue weighted by molar-refractivity contribution is 7.85. The molecule has 1 heterocycles. The molecular weight excluding hydrogens is 202 g/mol. The van der Waals surface area contributed by atoms with Crippen molar-refractivity contribution in [3.8, 4) is 0 Å². The molecule has 1 aliphatic rings. The van der Waals surface area contributed by atoms with Gasteiger partial charge in [-0.1, -0.05) is 0 Å². The standard InChI is InChI=1S/C5H9NO4S2/c7-5-1-4(11)2-6(5)3-12(8,9)10/h4,11H,1-3H2,(H,8,9,10). The van der Waals surface area contributed by atoms with Gasteiger partial charge in [-0.25, -0.2) is 0 Å². The highest BCUT2D eigenvalue weighted by Gasteiger charge is 2.29. The van der Waals surface area contributed by atoms with E-state index >= 15 is 0 Å². The molecule has 0 aromatic rings. The van der Waals surface area contributed by atoms with Gasteiger partial charge in [-0.05, 0) is 0 Å². The summed E-state index contributed by atoms with van der Waals surface area (Å²) < 4.78 is 29.2. The summed E-state index contributed by atoms with van der Waals surface area (Å²) in [6, 6.07) is 0. The number of hydrogen-bond acceptors (Lipinski definition) is 4. The Balaban J connectivity index is 2.61. The highest BCUT2D eigenvalue weighted by atomic mass is 32.2. The van der Waals surface area contributed by atoms with E-state index in [-0.39, 0.29) is 24.1 Å². The molecule has 1 aliphatic heterocycles. The first-order chi connectivity index (χ1) is 5.38. The van der Waals surface area contributed by atoms with E-state index in [2.05, 4.69) is 12.6 Å². The van der Waals surface area contributed by atoms with Crippen molar-refractivity contribution in [3.63, 3.8) is 0 Å². The quantitative estimate of drug-likeness (QED) is 0.471. The molecule has 70 valence electrons. The molecule has 0 aromatic carbocycles. The van der Waals surface area contributed by atoms with Crippen LogP contribution in [0.25, 0.3) is 0 Å². The van der Waals surface area contributed by atoms with Gasteiger partial charge in [0.15, 0.2) is 0 Å². The maximum Gasteiger partial charge on any atom is 0.283 e. The van der Waals surface area contributed by atoms with Gasteiger partial charge in [0, 0.05) is 18.2 Å². The maximum absolute atomic E-state index is 11.0. The fourth-order valence-corrected chi connectivity index (χ4v) is 2.07. The number of likely N-dealkylation sites (tertiary alicyclic amines) is 1. The third-order valence-electron chi connectivity index (χ3n) is 1.51. The van der Waals surface area contributed by atoms with Crippen molar-refractivity contribution in [1.82, 2.24) is 4.90 Å². The van der Waals surface area contributed by atoms with Crippen molar-refractivity contribution >= 4 is 28.7 Å². The Hall–Kier alpha value is -0.270. The fraction of sp³-hybridized carbons (Fsp3) is 0.800. The summed E-state index contributed by atoms with van der Waals surface area (Å²) in [6.45, 7) is 0.279. The van der Waals surface area contributed by atoms with Crippen LogP contribution in [0.15, 0.2) is 0 Å². The number of amides is 1. The Morgan fingerprint density at radius 2 is 2.25 bits per heavy atom. The van der Waals surface area contributed by atoms with E-state index in [1.165, 1.54) is 0 Å². The maximum atomic E-state index is 11.0. The molecule has 0 aromatic heterocycles. The summed E-state index contributed by atoms with van der Waals surface area (Å²) in [5, 5.41) is -0.126. The van der Waals surface area contributed by atoms with Gasteiger partial charge in [0.25, 0.3) is 10.1 Å². The third-order valence-corrected chi connectivity index (χ3v) is 2.50. The van der Waals surface area contributed by atoms with E-state index in [1.54, 1.807) is 0 Å². The molecule has 1 saturated heterocycles. The number of carbonyl (C=O) groups excluding carboxylic acids is 1. The molecule has 1 atom stereocenters. The SMILES string of the molecule is O=C1CC(S)CN1CS(=O)(=O)O. The average molecular weight is 211 g/mol. The lowest BCUT2D eigenvalue weighted by Crippen LogP contribution is -2.31. The first-order valence-electron chi connectivity index (χ1n) is 3.29. The predicted molar refractivity (Wildman–Crippen MR) is 45.5 cm³/mol. The van der Waals surface area contributed by atoms with Crippen LogP contribution in [0.2, 0.25) is 0 Å². The molecule has 1 rings (SSSR count). The largest absolute Gasteiger partial charge is 0.325 e. The lowest BCUT2D eigenvalue weighted by Gasteiger charge is -2.12. The van der Waals surface area contributed by atoms with Crippen LogP contribution in [0.4, 0.5) is 0 Å². The lowest BCUT2D eigenvalue weighted by molar-refractivity contribution is -0.126. The number of thiol groups is 1. The summed E-state index contributed by atoms with van der Waals surface area (Å²) in [7, 11) is -4.09. The number of nitrogens with zero attached hydrogens (tertiary/aromatic N) is 1. The van der Waals surface area contributed by atoms with Gasteiger partial charge in [-0.15, -0.1) is 0 Å². The minimum Gasteiger partial charge on any atom is -0.325 e. The molecule has 1 N–H and O–H groups in total. The summed E-state index contributed by atoms with van der Waals surface area (Å²) in [4.78, 5) is 12.0. The molecule has 12 heavy (non-hydrogen) atoms. The molecule has 1 unspecified atom stereocenters. The van der Waals surface area contributed by atoms with Crippen molar-refractivity contribution < 1.29 is 17.8 Å². The molecule has 5 nitrogen and oxygen atoms in total. The molecule has 1 fully saturated rings. The first kappa shape index (κ1) is 9.82. The van der Waals surface area contributed by atoms with Crippen molar-refractivity contribution in [3.05, 3.63) is 0 Å². The Morgan fingerprint density at radius 3 is 2.58 bits per heavy atom. The second kappa shape index (κ2) is 3.23. The van der Waals surface area contributed by atoms with Gasteiger partial charge < -0.3 is 4.90 Å². The van der Waals surface area contributed by atoms with Crippen LogP contribution in [-0.4, -0.2) is 41.4 Å². The van der Waals surface area contributed by atoms with E-state index in [0.717, 1.165) is 4.90 Å². The van der Waals surface area contributed by atoms with E-state index in [9.17, 15) is 13.2 Å². The predicted octanol–water partition coefficient (Wildman–Crippen LogP) is -0.638. The zero-order valence-electron chi connectivity index (χ0n) is 6.17. The zero-order chi connectivity index (χ0) is 9.35. The normalized spacial score (nSPS) is 25.0. The van der Waals surface area contributed by atoms with Crippen molar-refractivity contribution in [2.75, 3.05) is 12.4 Å². The topological polar surface area (TPSA) is 74.7 Å². The molecule has 0 bridgehead atoms. The molecule has 7 heteroatoms. The Kier molecular flexibility index (Phi) is 2.64. The van der Waals surface area contributed by atoms with Gasteiger partial charge in [-0.2, -0.15) is 21.0 Å². The summed E-state index contributed by atoms with van der Waals surface area (Å²) >= 11 is 4.02. The van der Waals surface area contributed by atoms with Crippen LogP contribution in [-0.2, 0) is 14.9 Å². The van der Waals surface area contributed by atoms with E-state index < -0.39 is 16.0 Å². The van der Waals surface area contributed by atoms with Crippen LogP contribution >= 0.6 is 12.6 Å². The summed E-state index contributed by atoms with van der Waals surface area (Å²) in [5.41, 5.74) is 0. The molecule has 0 radical (unpaired) electrons. The summed E-state index contributed by atoms with van der Waals surface area (Å²) in [5.74, 6) is -0.907. The van der Waals surface area contributed by atoms with Gasteiger partial charge in [-0.3, -0.25) is 9.35 Å². The average Bonchev–Trinajstić information content (AvgIpc) is 2.06. The minimum atomic E-state index is -4.09. The highest BCUT2D eigenvalue weighted by Crippen LogP contribution is 2.15. The van der Waals surface area contributed by atoms with Crippen molar-refractivity contribution in [1.29, 1.82) is 0 Å². The summed E-state index contributed by atoms with van der Waals surface area (Å²) in [6.07, 6.45) is 0.235. The zero-order valence-corrected chi connectivity index (χ0v) is 7.88. The van der Waals surface area contributed by atoms with Gasteiger partial charge in [0.05, 0.1) is 0 Å². The second-order valence-corrected chi connectivity index (χ2v) is 4.84. The van der Waals surface area contributed by atoms with E-state index in [0.29, 0.717) is 0 Å². The molecule has 0 aliphatic carbocycles. The van der Waals surface area contributed by atoms with Crippen molar-refractivity contribution in [2.24, 2.45) is 0 Å². The molecular formula is C5H9NO4S2. The minimum absolute atomic E-state index is 0.126. The number of hydrogen-bond donors (Lipinski definition) is 2. The van der Waals surface area contributed by atoms with E-state index in [1.807, 2.05) is 0 Å².